The first-order valence-corrected chi connectivity index (χ1v) is 12.6. The highest BCUT2D eigenvalue weighted by Crippen LogP contribution is 2.66. The molecule has 37 heavy (non-hydrogen) atoms. The number of halogens is 1. The number of benzene rings is 3. The Morgan fingerprint density at radius 2 is 1.89 bits per heavy atom. The summed E-state index contributed by atoms with van der Waals surface area (Å²) >= 11 is 6.20. The number of hydrogen-bond donors (Lipinski definition) is 3. The molecule has 7 nitrogen and oxygen atoms in total. The summed E-state index contributed by atoms with van der Waals surface area (Å²) in [4.78, 5) is 12.8. The lowest BCUT2D eigenvalue weighted by molar-refractivity contribution is -0.149. The van der Waals surface area contributed by atoms with Crippen LogP contribution in [0, 0.1) is 0 Å². The number of nitrogens with zero attached hydrogens (tertiary/aromatic N) is 2. The Hall–Kier alpha value is -3.65. The highest BCUT2D eigenvalue weighted by atomic mass is 35.5. The summed E-state index contributed by atoms with van der Waals surface area (Å²) < 4.78 is 8.39. The number of rotatable bonds is 5. The molecule has 1 fully saturated rings. The van der Waals surface area contributed by atoms with Crippen molar-refractivity contribution in [3.8, 4) is 5.75 Å². The van der Waals surface area contributed by atoms with Crippen LogP contribution in [0.4, 0.5) is 5.69 Å². The van der Waals surface area contributed by atoms with Crippen LogP contribution in [0.3, 0.4) is 0 Å². The predicted octanol–water partition coefficient (Wildman–Crippen LogP) is 4.83. The molecule has 1 aliphatic carbocycles. The fourth-order valence-corrected chi connectivity index (χ4v) is 5.99. The van der Waals surface area contributed by atoms with Crippen LogP contribution in [-0.2, 0) is 17.7 Å². The van der Waals surface area contributed by atoms with Gasteiger partial charge in [-0.15, -0.1) is 0 Å². The van der Waals surface area contributed by atoms with E-state index in [0.717, 1.165) is 5.56 Å². The van der Waals surface area contributed by atoms with Crippen molar-refractivity contribution in [2.24, 2.45) is 0 Å². The van der Waals surface area contributed by atoms with E-state index < -0.39 is 17.3 Å². The van der Waals surface area contributed by atoms with Gasteiger partial charge >= 0.3 is 0 Å². The van der Waals surface area contributed by atoms with Crippen LogP contribution < -0.4 is 10.1 Å². The lowest BCUT2D eigenvalue weighted by Gasteiger charge is -2.40. The molecule has 4 unspecified atom stereocenters. The fraction of sp³-hybridized carbons (Fsp3) is 0.241. The molecule has 6 rings (SSSR count). The van der Waals surface area contributed by atoms with Gasteiger partial charge in [-0.1, -0.05) is 60.1 Å². The zero-order valence-corrected chi connectivity index (χ0v) is 20.9. The van der Waals surface area contributed by atoms with Crippen molar-refractivity contribution < 1.29 is 19.7 Å². The van der Waals surface area contributed by atoms with Gasteiger partial charge in [-0.2, -0.15) is 5.10 Å². The largest absolute Gasteiger partial charge is 0.478 e. The standard InChI is InChI=1S/C29H26ClN3O4/c1-2-33-15-14-24(32-33)27(35)31-21-12-13-22-25(16-21)37-29(19-8-10-20(30)11-9-19)23(17-26(34)28(22,29)36)18-6-4-3-5-7-18/h3-16,23,26,34,36H,2,17H2,1H3,(H,31,35). The minimum absolute atomic E-state index is 0.302. The molecule has 1 saturated carbocycles. The molecular formula is C29H26ClN3O4. The van der Waals surface area contributed by atoms with Crippen LogP contribution in [0.5, 0.6) is 5.75 Å². The predicted molar refractivity (Wildman–Crippen MR) is 140 cm³/mol. The summed E-state index contributed by atoms with van der Waals surface area (Å²) in [5.74, 6) is -0.300. The first kappa shape index (κ1) is 23.7. The molecule has 188 valence electrons. The Balaban J connectivity index is 1.44. The SMILES string of the molecule is CCn1ccc(C(=O)Nc2ccc3c(c2)OC2(c4ccc(Cl)cc4)C(c4ccccc4)CC(O)C32O)n1. The Labute approximate surface area is 219 Å². The van der Waals surface area contributed by atoms with Gasteiger partial charge in [0.1, 0.15) is 5.75 Å². The van der Waals surface area contributed by atoms with E-state index in [2.05, 4.69) is 10.4 Å². The summed E-state index contributed by atoms with van der Waals surface area (Å²) in [5, 5.41) is 31.4. The van der Waals surface area contributed by atoms with Crippen molar-refractivity contribution >= 4 is 23.2 Å². The number of aliphatic hydroxyl groups excluding tert-OH is 1. The third-order valence-electron chi connectivity index (χ3n) is 7.59. The molecule has 0 radical (unpaired) electrons. The Kier molecular flexibility index (Phi) is 5.60. The van der Waals surface area contributed by atoms with E-state index in [1.807, 2.05) is 49.4 Å². The zero-order valence-electron chi connectivity index (χ0n) is 20.1. The molecule has 0 bridgehead atoms. The average Bonchev–Trinajstić information content (AvgIpc) is 3.56. The maximum Gasteiger partial charge on any atom is 0.276 e. The van der Waals surface area contributed by atoms with E-state index in [1.165, 1.54) is 0 Å². The number of ether oxygens (including phenoxy) is 1. The number of nitrogens with one attached hydrogen (secondary N) is 1. The van der Waals surface area contributed by atoms with Gasteiger partial charge in [0, 0.05) is 41.0 Å². The lowest BCUT2D eigenvalue weighted by Crippen LogP contribution is -2.51. The zero-order chi connectivity index (χ0) is 25.8. The van der Waals surface area contributed by atoms with E-state index in [4.69, 9.17) is 16.3 Å². The molecular weight excluding hydrogens is 490 g/mol. The number of carbonyl (C=O) groups excluding carboxylic acids is 1. The van der Waals surface area contributed by atoms with E-state index in [1.54, 1.807) is 47.3 Å². The summed E-state index contributed by atoms with van der Waals surface area (Å²) in [5.41, 5.74) is -0.104. The number of anilines is 1. The first-order valence-electron chi connectivity index (χ1n) is 12.3. The van der Waals surface area contributed by atoms with E-state index in [9.17, 15) is 15.0 Å². The monoisotopic (exact) mass is 515 g/mol. The second-order valence-electron chi connectivity index (χ2n) is 9.55. The van der Waals surface area contributed by atoms with Gasteiger partial charge in [-0.25, -0.2) is 0 Å². The summed E-state index contributed by atoms with van der Waals surface area (Å²) in [7, 11) is 0. The number of aromatic nitrogens is 2. The van der Waals surface area contributed by atoms with E-state index in [-0.39, 0.29) is 11.8 Å². The minimum Gasteiger partial charge on any atom is -0.478 e. The molecule has 1 aromatic heterocycles. The van der Waals surface area contributed by atoms with Crippen LogP contribution in [-0.4, -0.2) is 32.0 Å². The van der Waals surface area contributed by atoms with Crippen LogP contribution in [0.2, 0.25) is 5.02 Å². The van der Waals surface area contributed by atoms with Crippen molar-refractivity contribution in [2.45, 2.75) is 43.1 Å². The topological polar surface area (TPSA) is 96.6 Å². The van der Waals surface area contributed by atoms with Gasteiger partial charge in [-0.05, 0) is 48.7 Å². The number of fused-ring (bicyclic) bond motifs is 3. The molecule has 1 amide bonds. The average molecular weight is 516 g/mol. The second kappa shape index (κ2) is 8.73. The number of aliphatic hydroxyl groups is 2. The van der Waals surface area contributed by atoms with Gasteiger partial charge in [-0.3, -0.25) is 9.48 Å². The van der Waals surface area contributed by atoms with Crippen LogP contribution in [0.15, 0.2) is 85.1 Å². The summed E-state index contributed by atoms with van der Waals surface area (Å²) in [6.07, 6.45) is 0.965. The number of carbonyl (C=O) groups is 1. The Bertz CT molecular complexity index is 1470. The molecule has 0 saturated heterocycles. The van der Waals surface area contributed by atoms with Crippen molar-refractivity contribution in [3.63, 3.8) is 0 Å². The second-order valence-corrected chi connectivity index (χ2v) is 9.98. The van der Waals surface area contributed by atoms with Gasteiger partial charge in [0.05, 0.1) is 6.10 Å². The molecule has 2 heterocycles. The Morgan fingerprint density at radius 1 is 1.14 bits per heavy atom. The maximum atomic E-state index is 12.8. The molecule has 4 atom stereocenters. The lowest BCUT2D eigenvalue weighted by atomic mass is 9.71. The van der Waals surface area contributed by atoms with Crippen molar-refractivity contribution in [2.75, 3.05) is 5.32 Å². The summed E-state index contributed by atoms with van der Waals surface area (Å²) in [6, 6.07) is 23.7. The third kappa shape index (κ3) is 3.49. The quantitative estimate of drug-likeness (QED) is 0.353. The van der Waals surface area contributed by atoms with Gasteiger partial charge in [0.15, 0.2) is 16.9 Å². The molecule has 4 aromatic rings. The highest BCUT2D eigenvalue weighted by Gasteiger charge is 2.72. The Morgan fingerprint density at radius 3 is 2.59 bits per heavy atom. The number of amides is 1. The van der Waals surface area contributed by atoms with Crippen molar-refractivity contribution in [1.29, 1.82) is 0 Å². The van der Waals surface area contributed by atoms with Gasteiger partial charge < -0.3 is 20.3 Å². The molecule has 3 aromatic carbocycles. The smallest absolute Gasteiger partial charge is 0.276 e. The number of aryl methyl sites for hydroxylation is 1. The van der Waals surface area contributed by atoms with Crippen molar-refractivity contribution in [3.05, 3.63) is 112 Å². The molecule has 3 N–H and O–H groups in total. The maximum absolute atomic E-state index is 12.8. The fourth-order valence-electron chi connectivity index (χ4n) is 5.86. The molecule has 0 spiro atoms. The van der Waals surface area contributed by atoms with Crippen LogP contribution >= 0.6 is 11.6 Å². The molecule has 2 aliphatic rings. The van der Waals surface area contributed by atoms with Crippen LogP contribution in [0.1, 0.15) is 46.4 Å². The number of hydrogen-bond acceptors (Lipinski definition) is 5. The third-order valence-corrected chi connectivity index (χ3v) is 7.84. The van der Waals surface area contributed by atoms with E-state index in [0.29, 0.717) is 46.2 Å². The first-order chi connectivity index (χ1) is 17.9. The molecule has 8 heteroatoms. The summed E-state index contributed by atoms with van der Waals surface area (Å²) in [6.45, 7) is 2.61. The minimum atomic E-state index is -1.72. The van der Waals surface area contributed by atoms with Gasteiger partial charge in [0.25, 0.3) is 5.91 Å². The molecule has 1 aliphatic heterocycles. The highest BCUT2D eigenvalue weighted by molar-refractivity contribution is 6.30. The van der Waals surface area contributed by atoms with E-state index >= 15 is 0 Å². The van der Waals surface area contributed by atoms with Gasteiger partial charge in [0.2, 0.25) is 0 Å². The van der Waals surface area contributed by atoms with Crippen molar-refractivity contribution in [1.82, 2.24) is 9.78 Å². The van der Waals surface area contributed by atoms with Crippen LogP contribution in [0.25, 0.3) is 0 Å². The normalized spacial score (nSPS) is 25.8.